The third-order valence-electron chi connectivity index (χ3n) is 4.89. The number of aromatic nitrogens is 7. The minimum absolute atomic E-state index is 0.0104. The summed E-state index contributed by atoms with van der Waals surface area (Å²) in [6.07, 6.45) is 4.48. The van der Waals surface area contributed by atoms with E-state index >= 15 is 0 Å². The number of anilines is 1. The summed E-state index contributed by atoms with van der Waals surface area (Å²) < 4.78 is 23.0. The highest BCUT2D eigenvalue weighted by Gasteiger charge is 2.20. The number of nitrogens with zero attached hydrogens (tertiary/aromatic N) is 7. The number of tetrazole rings is 1. The number of hydrogen-bond donors (Lipinski definition) is 1. The molecule has 4 heterocycles. The van der Waals surface area contributed by atoms with Crippen molar-refractivity contribution in [3.05, 3.63) is 66.6 Å². The first-order valence-corrected chi connectivity index (χ1v) is 9.77. The van der Waals surface area contributed by atoms with Gasteiger partial charge >= 0.3 is 0 Å². The number of halogens is 1. The summed E-state index contributed by atoms with van der Waals surface area (Å²) in [5.41, 5.74) is 1.78. The SMILES string of the molecule is CC(C)n1ncc2c(C(=O)Nc3cc(-n4cnnn4)ccc3F)cc(-c3ccco3)nc21. The van der Waals surface area contributed by atoms with E-state index < -0.39 is 11.7 Å². The number of rotatable bonds is 5. The topological polar surface area (TPSA) is 117 Å². The molecule has 5 aromatic rings. The molecule has 0 aliphatic heterocycles. The monoisotopic (exact) mass is 432 g/mol. The molecule has 1 amide bonds. The van der Waals surface area contributed by atoms with Crippen LogP contribution >= 0.6 is 0 Å². The Morgan fingerprint density at radius 2 is 2.09 bits per heavy atom. The van der Waals surface area contributed by atoms with Crippen LogP contribution in [-0.4, -0.2) is 40.9 Å². The number of benzene rings is 1. The van der Waals surface area contributed by atoms with E-state index in [1.165, 1.54) is 35.5 Å². The fourth-order valence-electron chi connectivity index (χ4n) is 3.36. The van der Waals surface area contributed by atoms with Gasteiger partial charge in [0.05, 0.1) is 34.8 Å². The first kappa shape index (κ1) is 19.5. The summed E-state index contributed by atoms with van der Waals surface area (Å²) >= 11 is 0. The summed E-state index contributed by atoms with van der Waals surface area (Å²) in [5.74, 6) is -0.602. The van der Waals surface area contributed by atoms with Gasteiger partial charge in [0.1, 0.15) is 17.8 Å². The third-order valence-corrected chi connectivity index (χ3v) is 4.89. The van der Waals surface area contributed by atoms with Gasteiger partial charge in [0, 0.05) is 6.04 Å². The van der Waals surface area contributed by atoms with Gasteiger partial charge in [-0.15, -0.1) is 5.10 Å². The Hall–Kier alpha value is -4.41. The zero-order valence-electron chi connectivity index (χ0n) is 17.1. The summed E-state index contributed by atoms with van der Waals surface area (Å²) in [6, 6.07) is 9.31. The molecular weight excluding hydrogens is 415 g/mol. The van der Waals surface area contributed by atoms with Gasteiger partial charge in [-0.2, -0.15) is 5.10 Å². The quantitative estimate of drug-likeness (QED) is 0.451. The molecule has 10 nitrogen and oxygen atoms in total. The van der Waals surface area contributed by atoms with Crippen molar-refractivity contribution in [2.24, 2.45) is 0 Å². The van der Waals surface area contributed by atoms with Crippen LogP contribution in [0.25, 0.3) is 28.2 Å². The number of carbonyl (C=O) groups excluding carboxylic acids is 1. The number of fused-ring (bicyclic) bond motifs is 1. The first-order valence-electron chi connectivity index (χ1n) is 9.77. The predicted molar refractivity (Wildman–Crippen MR) is 113 cm³/mol. The van der Waals surface area contributed by atoms with Crippen molar-refractivity contribution in [2.75, 3.05) is 5.32 Å². The van der Waals surface area contributed by atoms with Crippen LogP contribution in [0.15, 0.2) is 59.6 Å². The summed E-state index contributed by atoms with van der Waals surface area (Å²) in [5, 5.41) is 18.5. The molecule has 0 spiro atoms. The maximum atomic E-state index is 14.5. The second-order valence-electron chi connectivity index (χ2n) is 7.33. The van der Waals surface area contributed by atoms with Crippen LogP contribution in [0.5, 0.6) is 0 Å². The fraction of sp³-hybridized carbons (Fsp3) is 0.143. The molecule has 0 radical (unpaired) electrons. The highest BCUT2D eigenvalue weighted by molar-refractivity contribution is 6.12. The molecule has 0 unspecified atom stereocenters. The zero-order valence-corrected chi connectivity index (χ0v) is 17.1. The molecule has 1 N–H and O–H groups in total. The van der Waals surface area contributed by atoms with Crippen molar-refractivity contribution in [3.63, 3.8) is 0 Å². The van der Waals surface area contributed by atoms with Crippen molar-refractivity contribution < 1.29 is 13.6 Å². The first-order chi connectivity index (χ1) is 15.5. The van der Waals surface area contributed by atoms with Crippen LogP contribution < -0.4 is 5.32 Å². The van der Waals surface area contributed by atoms with Crippen molar-refractivity contribution in [2.45, 2.75) is 19.9 Å². The Balaban J connectivity index is 1.59. The second kappa shape index (κ2) is 7.69. The van der Waals surface area contributed by atoms with Gasteiger partial charge in [0.25, 0.3) is 5.91 Å². The molecule has 4 aromatic heterocycles. The van der Waals surface area contributed by atoms with Gasteiger partial charge in [-0.25, -0.2) is 18.7 Å². The van der Waals surface area contributed by atoms with E-state index in [0.717, 1.165) is 0 Å². The number of carbonyl (C=O) groups is 1. The minimum atomic E-state index is -0.593. The molecule has 0 saturated carbocycles. The Labute approximate surface area is 180 Å². The normalized spacial score (nSPS) is 11.4. The van der Waals surface area contributed by atoms with Crippen LogP contribution in [0.4, 0.5) is 10.1 Å². The molecule has 1 aromatic carbocycles. The molecule has 0 aliphatic rings. The van der Waals surface area contributed by atoms with Crippen LogP contribution in [0.1, 0.15) is 30.2 Å². The lowest BCUT2D eigenvalue weighted by Gasteiger charge is -2.11. The standard InChI is InChI=1S/C21H17FN8O2/c1-12(2)30-20-15(10-24-30)14(9-18(25-20)19-4-3-7-32-19)21(31)26-17-8-13(5-6-16(17)22)29-11-23-27-28-29/h3-12H,1-2H3,(H,26,31). The molecule has 0 atom stereocenters. The highest BCUT2D eigenvalue weighted by Crippen LogP contribution is 2.28. The molecule has 11 heteroatoms. The number of hydrogen-bond acceptors (Lipinski definition) is 7. The van der Waals surface area contributed by atoms with E-state index in [1.54, 1.807) is 29.1 Å². The Morgan fingerprint density at radius 3 is 2.81 bits per heavy atom. The smallest absolute Gasteiger partial charge is 0.256 e. The van der Waals surface area contributed by atoms with Crippen LogP contribution in [-0.2, 0) is 0 Å². The number of furan rings is 1. The molecule has 160 valence electrons. The van der Waals surface area contributed by atoms with Crippen molar-refractivity contribution in [1.82, 2.24) is 35.0 Å². The Morgan fingerprint density at radius 1 is 1.22 bits per heavy atom. The summed E-state index contributed by atoms with van der Waals surface area (Å²) in [4.78, 5) is 17.9. The molecule has 5 rings (SSSR count). The van der Waals surface area contributed by atoms with Gasteiger partial charge in [0.15, 0.2) is 11.4 Å². The molecule has 0 fully saturated rings. The highest BCUT2D eigenvalue weighted by atomic mass is 19.1. The van der Waals surface area contributed by atoms with E-state index in [-0.39, 0.29) is 11.7 Å². The number of pyridine rings is 1. The van der Waals surface area contributed by atoms with E-state index in [1.807, 2.05) is 13.8 Å². The van der Waals surface area contributed by atoms with Gasteiger partial charge in [-0.3, -0.25) is 4.79 Å². The number of nitrogens with one attached hydrogen (secondary N) is 1. The zero-order chi connectivity index (χ0) is 22.2. The Kier molecular flexibility index (Phi) is 4.70. The van der Waals surface area contributed by atoms with Crippen LogP contribution in [0.3, 0.4) is 0 Å². The maximum Gasteiger partial charge on any atom is 0.256 e. The third kappa shape index (κ3) is 3.39. The molecule has 0 saturated heterocycles. The van der Waals surface area contributed by atoms with E-state index in [0.29, 0.717) is 33.7 Å². The van der Waals surface area contributed by atoms with Crippen LogP contribution in [0.2, 0.25) is 0 Å². The lowest BCUT2D eigenvalue weighted by Crippen LogP contribution is -2.15. The molecule has 32 heavy (non-hydrogen) atoms. The van der Waals surface area contributed by atoms with E-state index in [2.05, 4.69) is 30.9 Å². The predicted octanol–water partition coefficient (Wildman–Crippen LogP) is 3.64. The van der Waals surface area contributed by atoms with Crippen molar-refractivity contribution in [1.29, 1.82) is 0 Å². The Bertz CT molecular complexity index is 1410. The average Bonchev–Trinajstić information content (AvgIpc) is 3.55. The van der Waals surface area contributed by atoms with Crippen LogP contribution in [0, 0.1) is 5.82 Å². The minimum Gasteiger partial charge on any atom is -0.463 e. The second-order valence-corrected chi connectivity index (χ2v) is 7.33. The fourth-order valence-corrected chi connectivity index (χ4v) is 3.36. The lowest BCUT2D eigenvalue weighted by atomic mass is 10.1. The number of amides is 1. The molecule has 0 bridgehead atoms. The molecule has 0 aliphatic carbocycles. The summed E-state index contributed by atoms with van der Waals surface area (Å²) in [6.45, 7) is 3.93. The van der Waals surface area contributed by atoms with Crippen molar-refractivity contribution in [3.8, 4) is 17.1 Å². The molecular formula is C21H17FN8O2. The van der Waals surface area contributed by atoms with Gasteiger partial charge in [0.2, 0.25) is 0 Å². The van der Waals surface area contributed by atoms with E-state index in [9.17, 15) is 9.18 Å². The average molecular weight is 432 g/mol. The van der Waals surface area contributed by atoms with Gasteiger partial charge in [-0.1, -0.05) is 0 Å². The van der Waals surface area contributed by atoms with Crippen molar-refractivity contribution >= 4 is 22.6 Å². The maximum absolute atomic E-state index is 14.5. The van der Waals surface area contributed by atoms with Gasteiger partial charge in [-0.05, 0) is 60.7 Å². The van der Waals surface area contributed by atoms with E-state index in [4.69, 9.17) is 4.42 Å². The largest absolute Gasteiger partial charge is 0.463 e. The summed E-state index contributed by atoms with van der Waals surface area (Å²) in [7, 11) is 0. The lowest BCUT2D eigenvalue weighted by molar-refractivity contribution is 0.102. The van der Waals surface area contributed by atoms with Gasteiger partial charge < -0.3 is 9.73 Å².